The summed E-state index contributed by atoms with van der Waals surface area (Å²) in [6.45, 7) is 1.94. The Morgan fingerprint density at radius 1 is 1.33 bits per heavy atom. The third-order valence-corrected chi connectivity index (χ3v) is 3.52. The highest BCUT2D eigenvalue weighted by atomic mass is 16.6. The Kier molecular flexibility index (Phi) is 4.02. The number of benzene rings is 1. The average molecular weight is 248 g/mol. The van der Waals surface area contributed by atoms with Crippen LogP contribution in [-0.2, 0) is 11.2 Å². The van der Waals surface area contributed by atoms with Crippen LogP contribution < -0.4 is 4.74 Å². The first-order chi connectivity index (χ1) is 8.64. The standard InChI is InChI=1S/C15H20O3/c1-12-6-5-7-13(8-11-16)14(12)18-15(17)9-3-2-4-10-15/h5-7,11,17H,2-4,8-10H2,1H3. The van der Waals surface area contributed by atoms with E-state index in [-0.39, 0.29) is 0 Å². The Morgan fingerprint density at radius 2 is 2.06 bits per heavy atom. The maximum Gasteiger partial charge on any atom is 0.208 e. The molecule has 0 unspecified atom stereocenters. The van der Waals surface area contributed by atoms with Gasteiger partial charge in [-0.1, -0.05) is 24.6 Å². The number of hydrogen-bond donors (Lipinski definition) is 1. The Balaban J connectivity index is 2.23. The van der Waals surface area contributed by atoms with Crippen molar-refractivity contribution in [1.82, 2.24) is 0 Å². The molecule has 0 heterocycles. The van der Waals surface area contributed by atoms with E-state index in [9.17, 15) is 9.90 Å². The molecule has 1 saturated carbocycles. The van der Waals surface area contributed by atoms with E-state index in [4.69, 9.17) is 4.74 Å². The second-order valence-corrected chi connectivity index (χ2v) is 5.04. The third kappa shape index (κ3) is 2.91. The van der Waals surface area contributed by atoms with Crippen molar-refractivity contribution in [3.05, 3.63) is 29.3 Å². The van der Waals surface area contributed by atoms with E-state index in [0.29, 0.717) is 25.0 Å². The van der Waals surface area contributed by atoms with Crippen molar-refractivity contribution < 1.29 is 14.6 Å². The zero-order valence-electron chi connectivity index (χ0n) is 10.8. The van der Waals surface area contributed by atoms with Crippen molar-refractivity contribution in [3.8, 4) is 5.75 Å². The third-order valence-electron chi connectivity index (χ3n) is 3.52. The zero-order valence-corrected chi connectivity index (χ0v) is 10.8. The number of ether oxygens (including phenoxy) is 1. The minimum atomic E-state index is -1.05. The van der Waals surface area contributed by atoms with Gasteiger partial charge in [0.25, 0.3) is 0 Å². The monoisotopic (exact) mass is 248 g/mol. The summed E-state index contributed by atoms with van der Waals surface area (Å²) in [7, 11) is 0. The van der Waals surface area contributed by atoms with Crippen molar-refractivity contribution in [3.63, 3.8) is 0 Å². The molecular weight excluding hydrogens is 228 g/mol. The number of aliphatic hydroxyl groups is 1. The molecule has 3 nitrogen and oxygen atoms in total. The molecule has 0 atom stereocenters. The molecule has 98 valence electrons. The van der Waals surface area contributed by atoms with Crippen LogP contribution in [0.1, 0.15) is 43.2 Å². The fourth-order valence-corrected chi connectivity index (χ4v) is 2.51. The minimum Gasteiger partial charge on any atom is -0.462 e. The fourth-order valence-electron chi connectivity index (χ4n) is 2.51. The molecule has 0 saturated heterocycles. The van der Waals surface area contributed by atoms with Crippen molar-refractivity contribution in [2.75, 3.05) is 0 Å². The van der Waals surface area contributed by atoms with Crippen LogP contribution in [0.4, 0.5) is 0 Å². The van der Waals surface area contributed by atoms with Crippen molar-refractivity contribution in [1.29, 1.82) is 0 Å². The second-order valence-electron chi connectivity index (χ2n) is 5.04. The predicted octanol–water partition coefficient (Wildman–Crippen LogP) is 2.77. The summed E-state index contributed by atoms with van der Waals surface area (Å²) in [5.41, 5.74) is 1.82. The Labute approximate surface area is 108 Å². The molecule has 0 bridgehead atoms. The lowest BCUT2D eigenvalue weighted by Crippen LogP contribution is -2.38. The van der Waals surface area contributed by atoms with Gasteiger partial charge in [0.15, 0.2) is 0 Å². The van der Waals surface area contributed by atoms with Crippen molar-refractivity contribution in [2.24, 2.45) is 0 Å². The van der Waals surface area contributed by atoms with Crippen LogP contribution in [0.3, 0.4) is 0 Å². The SMILES string of the molecule is Cc1cccc(CC=O)c1OC1(O)CCCCC1. The van der Waals surface area contributed by atoms with Gasteiger partial charge in [0.1, 0.15) is 12.0 Å². The summed E-state index contributed by atoms with van der Waals surface area (Å²) in [5, 5.41) is 10.4. The van der Waals surface area contributed by atoms with Gasteiger partial charge in [-0.05, 0) is 25.3 Å². The molecule has 18 heavy (non-hydrogen) atoms. The van der Waals surface area contributed by atoms with Gasteiger partial charge in [-0.3, -0.25) is 0 Å². The van der Waals surface area contributed by atoms with Gasteiger partial charge in [-0.2, -0.15) is 0 Å². The van der Waals surface area contributed by atoms with Crippen molar-refractivity contribution in [2.45, 2.75) is 51.2 Å². The quantitative estimate of drug-likeness (QED) is 0.658. The number of rotatable bonds is 4. The second kappa shape index (κ2) is 5.53. The van der Waals surface area contributed by atoms with Gasteiger partial charge >= 0.3 is 0 Å². The summed E-state index contributed by atoms with van der Waals surface area (Å²) in [6, 6.07) is 5.73. The largest absolute Gasteiger partial charge is 0.462 e. The van der Waals surface area contributed by atoms with E-state index in [1.807, 2.05) is 25.1 Å². The number of para-hydroxylation sites is 1. The van der Waals surface area contributed by atoms with Crippen LogP contribution in [-0.4, -0.2) is 17.2 Å². The van der Waals surface area contributed by atoms with Crippen LogP contribution in [0.15, 0.2) is 18.2 Å². The number of aryl methyl sites for hydroxylation is 1. The first kappa shape index (κ1) is 13.1. The molecule has 0 amide bonds. The van der Waals surface area contributed by atoms with Crippen LogP contribution in [0.5, 0.6) is 5.75 Å². The van der Waals surface area contributed by atoms with Crippen LogP contribution in [0, 0.1) is 6.92 Å². The highest BCUT2D eigenvalue weighted by Gasteiger charge is 2.32. The number of hydrogen-bond acceptors (Lipinski definition) is 3. The molecular formula is C15H20O3. The molecule has 1 aliphatic carbocycles. The van der Waals surface area contributed by atoms with E-state index < -0.39 is 5.79 Å². The highest BCUT2D eigenvalue weighted by molar-refractivity contribution is 5.58. The van der Waals surface area contributed by atoms with Gasteiger partial charge in [-0.25, -0.2) is 0 Å². The van der Waals surface area contributed by atoms with Crippen LogP contribution in [0.25, 0.3) is 0 Å². The molecule has 0 radical (unpaired) electrons. The Morgan fingerprint density at radius 3 is 2.72 bits per heavy atom. The first-order valence-corrected chi connectivity index (χ1v) is 6.58. The Bertz CT molecular complexity index is 420. The average Bonchev–Trinajstić information content (AvgIpc) is 2.35. The molecule has 0 aliphatic heterocycles. The molecule has 1 fully saturated rings. The topological polar surface area (TPSA) is 46.5 Å². The predicted molar refractivity (Wildman–Crippen MR) is 69.6 cm³/mol. The molecule has 3 heteroatoms. The molecule has 1 aromatic carbocycles. The summed E-state index contributed by atoms with van der Waals surface area (Å²) in [4.78, 5) is 10.7. The van der Waals surface area contributed by atoms with E-state index in [1.165, 1.54) is 0 Å². The van der Waals surface area contributed by atoms with Crippen molar-refractivity contribution >= 4 is 6.29 Å². The molecule has 1 aromatic rings. The van der Waals surface area contributed by atoms with E-state index in [0.717, 1.165) is 36.7 Å². The smallest absolute Gasteiger partial charge is 0.208 e. The lowest BCUT2D eigenvalue weighted by Gasteiger charge is -2.33. The molecule has 0 spiro atoms. The number of carbonyl (C=O) groups is 1. The van der Waals surface area contributed by atoms with Crippen LogP contribution in [0.2, 0.25) is 0 Å². The van der Waals surface area contributed by atoms with Gasteiger partial charge in [0.2, 0.25) is 5.79 Å². The molecule has 1 aliphatic rings. The molecule has 0 aromatic heterocycles. The summed E-state index contributed by atoms with van der Waals surface area (Å²) in [6.07, 6.45) is 5.67. The number of carbonyl (C=O) groups excluding carboxylic acids is 1. The zero-order chi connectivity index (χ0) is 13.0. The van der Waals surface area contributed by atoms with Gasteiger partial charge in [-0.15, -0.1) is 0 Å². The maximum atomic E-state index is 10.7. The number of aldehydes is 1. The van der Waals surface area contributed by atoms with E-state index >= 15 is 0 Å². The first-order valence-electron chi connectivity index (χ1n) is 6.58. The minimum absolute atomic E-state index is 0.326. The van der Waals surface area contributed by atoms with Gasteiger partial charge in [0.05, 0.1) is 0 Å². The lowest BCUT2D eigenvalue weighted by atomic mass is 9.94. The maximum absolute atomic E-state index is 10.7. The van der Waals surface area contributed by atoms with Gasteiger partial charge in [0, 0.05) is 24.8 Å². The Hall–Kier alpha value is -1.35. The normalized spacial score (nSPS) is 18.3. The summed E-state index contributed by atoms with van der Waals surface area (Å²) >= 11 is 0. The fraction of sp³-hybridized carbons (Fsp3) is 0.533. The van der Waals surface area contributed by atoms with E-state index in [2.05, 4.69) is 0 Å². The van der Waals surface area contributed by atoms with E-state index in [1.54, 1.807) is 0 Å². The van der Waals surface area contributed by atoms with Crippen LogP contribution >= 0.6 is 0 Å². The van der Waals surface area contributed by atoms with Gasteiger partial charge < -0.3 is 14.6 Å². The molecule has 2 rings (SSSR count). The summed E-state index contributed by atoms with van der Waals surface area (Å²) < 4.78 is 5.85. The molecule has 1 N–H and O–H groups in total. The summed E-state index contributed by atoms with van der Waals surface area (Å²) in [5.74, 6) is -0.379. The highest BCUT2D eigenvalue weighted by Crippen LogP contribution is 2.34. The lowest BCUT2D eigenvalue weighted by molar-refractivity contribution is -0.159.